The maximum atomic E-state index is 6.19. The highest BCUT2D eigenvalue weighted by molar-refractivity contribution is 9.10. The van der Waals surface area contributed by atoms with Gasteiger partial charge in [-0.2, -0.15) is 0 Å². The van der Waals surface area contributed by atoms with Gasteiger partial charge in [0.15, 0.2) is 0 Å². The van der Waals surface area contributed by atoms with Crippen LogP contribution < -0.4 is 0 Å². The van der Waals surface area contributed by atoms with E-state index in [9.17, 15) is 0 Å². The van der Waals surface area contributed by atoms with Crippen LogP contribution in [-0.4, -0.2) is 10.4 Å². The van der Waals surface area contributed by atoms with Crippen molar-refractivity contribution in [3.8, 4) is 0 Å². The van der Waals surface area contributed by atoms with E-state index in [1.54, 1.807) is 0 Å². The predicted molar refractivity (Wildman–Crippen MR) is 70.9 cm³/mol. The average Bonchev–Trinajstić information content (AvgIpc) is 2.29. The van der Waals surface area contributed by atoms with E-state index < -0.39 is 0 Å². The first-order chi connectivity index (χ1) is 7.57. The predicted octanol–water partition coefficient (Wildman–Crippen LogP) is 4.47. The molecule has 1 aromatic carbocycles. The van der Waals surface area contributed by atoms with Crippen molar-refractivity contribution < 1.29 is 4.74 Å². The van der Waals surface area contributed by atoms with Crippen molar-refractivity contribution in [2.75, 3.05) is 0 Å². The van der Waals surface area contributed by atoms with Crippen molar-refractivity contribution in [3.63, 3.8) is 0 Å². The molecule has 0 bridgehead atoms. The summed E-state index contributed by atoms with van der Waals surface area (Å²) in [6.45, 7) is 4.37. The summed E-state index contributed by atoms with van der Waals surface area (Å²) >= 11 is 3.72. The van der Waals surface area contributed by atoms with Crippen LogP contribution in [0.5, 0.6) is 0 Å². The van der Waals surface area contributed by atoms with Gasteiger partial charge < -0.3 is 4.74 Å². The van der Waals surface area contributed by atoms with Crippen molar-refractivity contribution in [1.82, 2.24) is 0 Å². The minimum absolute atomic E-state index is 0.0699. The van der Waals surface area contributed by atoms with Gasteiger partial charge in [0.25, 0.3) is 0 Å². The first kappa shape index (κ1) is 12.1. The number of rotatable bonds is 2. The summed E-state index contributed by atoms with van der Waals surface area (Å²) in [4.78, 5) is 0. The van der Waals surface area contributed by atoms with Crippen LogP contribution in [0.25, 0.3) is 0 Å². The van der Waals surface area contributed by atoms with Gasteiger partial charge in [0.1, 0.15) is 0 Å². The number of benzene rings is 1. The first-order valence-electron chi connectivity index (χ1n) is 5.96. The Balaban J connectivity index is 2.08. The Bertz CT molecular complexity index is 328. The van der Waals surface area contributed by atoms with Gasteiger partial charge in [-0.25, -0.2) is 0 Å². The molecule has 0 aliphatic carbocycles. The second-order valence-corrected chi connectivity index (χ2v) is 7.06. The zero-order valence-corrected chi connectivity index (χ0v) is 11.5. The molecule has 2 atom stereocenters. The molecule has 0 saturated carbocycles. The number of alkyl halides is 1. The van der Waals surface area contributed by atoms with E-state index in [4.69, 9.17) is 4.74 Å². The van der Waals surface area contributed by atoms with Gasteiger partial charge in [0, 0.05) is 4.32 Å². The summed E-state index contributed by atoms with van der Waals surface area (Å²) < 4.78 is 6.26. The lowest BCUT2D eigenvalue weighted by Crippen LogP contribution is -2.36. The van der Waals surface area contributed by atoms with Crippen LogP contribution in [0.3, 0.4) is 0 Å². The van der Waals surface area contributed by atoms with Gasteiger partial charge in [0.05, 0.1) is 12.2 Å². The van der Waals surface area contributed by atoms with Crippen molar-refractivity contribution in [1.29, 1.82) is 0 Å². The third kappa shape index (κ3) is 2.86. The molecule has 0 N–H and O–H groups in total. The summed E-state index contributed by atoms with van der Waals surface area (Å²) in [5, 5.41) is 0. The first-order valence-corrected chi connectivity index (χ1v) is 6.76. The summed E-state index contributed by atoms with van der Waals surface area (Å²) in [7, 11) is 0. The molecule has 1 saturated heterocycles. The monoisotopic (exact) mass is 282 g/mol. The molecule has 1 aliphatic heterocycles. The van der Waals surface area contributed by atoms with Crippen molar-refractivity contribution >= 4 is 15.9 Å². The van der Waals surface area contributed by atoms with E-state index in [1.807, 2.05) is 0 Å². The van der Waals surface area contributed by atoms with Gasteiger partial charge in [0.2, 0.25) is 0 Å². The molecular weight excluding hydrogens is 264 g/mol. The molecule has 2 heteroatoms. The fraction of sp³-hybridized carbons (Fsp3) is 0.571. The Morgan fingerprint density at radius 2 is 1.88 bits per heavy atom. The molecule has 1 heterocycles. The Labute approximate surface area is 106 Å². The van der Waals surface area contributed by atoms with Crippen LogP contribution in [0.2, 0.25) is 0 Å². The molecule has 0 amide bonds. The lowest BCUT2D eigenvalue weighted by atomic mass is 9.93. The highest BCUT2D eigenvalue weighted by Gasteiger charge is 2.33. The van der Waals surface area contributed by atoms with E-state index in [1.165, 1.54) is 12.0 Å². The average molecular weight is 283 g/mol. The molecule has 16 heavy (non-hydrogen) atoms. The molecule has 0 aromatic heterocycles. The lowest BCUT2D eigenvalue weighted by molar-refractivity contribution is -0.0632. The standard InChI is InChI=1S/C14H19BrO/c1-14(2,15)13-10-6-9-12(16-13)11-7-4-3-5-8-11/h3-5,7-8,12-13H,6,9-10H2,1-2H3/t12-,13?/m1/s1. The molecule has 1 aromatic rings. The second kappa shape index (κ2) is 4.89. The minimum Gasteiger partial charge on any atom is -0.369 e. The largest absolute Gasteiger partial charge is 0.369 e. The molecule has 1 aliphatic rings. The number of hydrogen-bond donors (Lipinski definition) is 0. The highest BCUT2D eigenvalue weighted by atomic mass is 79.9. The van der Waals surface area contributed by atoms with Crippen molar-refractivity contribution in [2.45, 2.75) is 49.6 Å². The molecule has 1 fully saturated rings. The zero-order valence-electron chi connectivity index (χ0n) is 9.95. The van der Waals surface area contributed by atoms with E-state index in [0.29, 0.717) is 6.10 Å². The minimum atomic E-state index is 0.0699. The summed E-state index contributed by atoms with van der Waals surface area (Å²) in [6, 6.07) is 10.5. The van der Waals surface area contributed by atoms with E-state index in [0.717, 1.165) is 12.8 Å². The van der Waals surface area contributed by atoms with Gasteiger partial charge >= 0.3 is 0 Å². The van der Waals surface area contributed by atoms with Gasteiger partial charge in [-0.05, 0) is 38.7 Å². The van der Waals surface area contributed by atoms with Crippen molar-refractivity contribution in [3.05, 3.63) is 35.9 Å². The number of hydrogen-bond acceptors (Lipinski definition) is 1. The van der Waals surface area contributed by atoms with Crippen LogP contribution in [0.4, 0.5) is 0 Å². The molecule has 0 radical (unpaired) electrons. The van der Waals surface area contributed by atoms with E-state index in [-0.39, 0.29) is 10.4 Å². The van der Waals surface area contributed by atoms with Crippen LogP contribution in [-0.2, 0) is 4.74 Å². The SMILES string of the molecule is CC(C)(Br)C1CCC[C@H](c2ccccc2)O1. The zero-order chi connectivity index (χ0) is 11.6. The summed E-state index contributed by atoms with van der Waals surface area (Å²) in [5.74, 6) is 0. The topological polar surface area (TPSA) is 9.23 Å². The molecular formula is C14H19BrO. The maximum absolute atomic E-state index is 6.19. The third-order valence-electron chi connectivity index (χ3n) is 3.20. The Kier molecular flexibility index (Phi) is 3.70. The molecule has 1 nitrogen and oxygen atoms in total. The molecule has 88 valence electrons. The quantitative estimate of drug-likeness (QED) is 0.728. The second-order valence-electron chi connectivity index (χ2n) is 5.02. The van der Waals surface area contributed by atoms with Crippen LogP contribution in [0.1, 0.15) is 44.8 Å². The van der Waals surface area contributed by atoms with Crippen LogP contribution in [0, 0.1) is 0 Å². The normalized spacial score (nSPS) is 26.7. The molecule has 1 unspecified atom stereocenters. The fourth-order valence-corrected chi connectivity index (χ4v) is 2.58. The maximum Gasteiger partial charge on any atom is 0.0829 e. The lowest BCUT2D eigenvalue weighted by Gasteiger charge is -2.37. The van der Waals surface area contributed by atoms with Gasteiger partial charge in [-0.1, -0.05) is 46.3 Å². The molecule has 2 rings (SSSR count). The van der Waals surface area contributed by atoms with Gasteiger partial charge in [-0.15, -0.1) is 0 Å². The summed E-state index contributed by atoms with van der Waals surface area (Å²) in [5.41, 5.74) is 1.31. The summed E-state index contributed by atoms with van der Waals surface area (Å²) in [6.07, 6.45) is 4.13. The van der Waals surface area contributed by atoms with E-state index in [2.05, 4.69) is 60.1 Å². The Hall–Kier alpha value is -0.340. The highest BCUT2D eigenvalue weighted by Crippen LogP contribution is 2.38. The van der Waals surface area contributed by atoms with E-state index >= 15 is 0 Å². The third-order valence-corrected chi connectivity index (χ3v) is 3.71. The smallest absolute Gasteiger partial charge is 0.0829 e. The Morgan fingerprint density at radius 1 is 1.19 bits per heavy atom. The number of ether oxygens (including phenoxy) is 1. The van der Waals surface area contributed by atoms with Gasteiger partial charge in [-0.3, -0.25) is 0 Å². The Morgan fingerprint density at radius 3 is 2.50 bits per heavy atom. The molecule has 0 spiro atoms. The van der Waals surface area contributed by atoms with Crippen molar-refractivity contribution in [2.24, 2.45) is 0 Å². The number of halogens is 1. The fourth-order valence-electron chi connectivity index (χ4n) is 2.24. The van der Waals surface area contributed by atoms with Crippen LogP contribution >= 0.6 is 15.9 Å². The van der Waals surface area contributed by atoms with Crippen LogP contribution in [0.15, 0.2) is 30.3 Å².